The highest BCUT2D eigenvalue weighted by atomic mass is 35.5. The molecule has 0 atom stereocenters. The lowest BCUT2D eigenvalue weighted by atomic mass is 10.2. The molecule has 0 saturated heterocycles. The van der Waals surface area contributed by atoms with E-state index in [-0.39, 0.29) is 5.02 Å². The SMILES string of the molecule is Fc1cccc(Cn2ccc3ccc(Cl)cc32)c1Cl. The summed E-state index contributed by atoms with van der Waals surface area (Å²) in [6, 6.07) is 12.5. The van der Waals surface area contributed by atoms with Crippen LogP contribution in [-0.2, 0) is 6.54 Å². The van der Waals surface area contributed by atoms with Crippen molar-refractivity contribution in [2.75, 3.05) is 0 Å². The predicted octanol–water partition coefficient (Wildman–Crippen LogP) is 5.14. The Labute approximate surface area is 120 Å². The summed E-state index contributed by atoms with van der Waals surface area (Å²) in [6.07, 6.45) is 1.95. The number of benzene rings is 2. The molecule has 0 saturated carbocycles. The quantitative estimate of drug-likeness (QED) is 0.617. The molecule has 96 valence electrons. The predicted molar refractivity (Wildman–Crippen MR) is 77.5 cm³/mol. The topological polar surface area (TPSA) is 4.93 Å². The molecule has 0 radical (unpaired) electrons. The Hall–Kier alpha value is -1.51. The fourth-order valence-corrected chi connectivity index (χ4v) is 2.50. The van der Waals surface area contributed by atoms with Crippen LogP contribution >= 0.6 is 23.2 Å². The number of aromatic nitrogens is 1. The fraction of sp³-hybridized carbons (Fsp3) is 0.0667. The second-order valence-corrected chi connectivity index (χ2v) is 5.17. The van der Waals surface area contributed by atoms with Crippen LogP contribution in [0.15, 0.2) is 48.7 Å². The van der Waals surface area contributed by atoms with Crippen LogP contribution in [0, 0.1) is 5.82 Å². The van der Waals surface area contributed by atoms with Gasteiger partial charge in [-0.05, 0) is 35.2 Å². The van der Waals surface area contributed by atoms with Crippen molar-refractivity contribution in [3.05, 3.63) is 70.1 Å². The Balaban J connectivity index is 2.06. The van der Waals surface area contributed by atoms with Crippen LogP contribution in [-0.4, -0.2) is 4.57 Å². The van der Waals surface area contributed by atoms with Crippen LogP contribution in [0.3, 0.4) is 0 Å². The third kappa shape index (κ3) is 2.34. The van der Waals surface area contributed by atoms with Crippen molar-refractivity contribution >= 4 is 34.1 Å². The van der Waals surface area contributed by atoms with Crippen molar-refractivity contribution in [2.24, 2.45) is 0 Å². The van der Waals surface area contributed by atoms with Crippen molar-refractivity contribution in [1.82, 2.24) is 4.57 Å². The Kier molecular flexibility index (Phi) is 3.21. The molecule has 3 rings (SSSR count). The minimum atomic E-state index is -0.395. The van der Waals surface area contributed by atoms with Gasteiger partial charge >= 0.3 is 0 Å². The van der Waals surface area contributed by atoms with Crippen LogP contribution in [0.1, 0.15) is 5.56 Å². The van der Waals surface area contributed by atoms with Gasteiger partial charge < -0.3 is 4.57 Å². The highest BCUT2D eigenvalue weighted by Gasteiger charge is 2.08. The first-order chi connectivity index (χ1) is 9.15. The molecule has 3 aromatic rings. The molecule has 1 heterocycles. The van der Waals surface area contributed by atoms with Gasteiger partial charge in [0, 0.05) is 23.3 Å². The van der Waals surface area contributed by atoms with E-state index in [0.29, 0.717) is 11.6 Å². The van der Waals surface area contributed by atoms with Crippen molar-refractivity contribution in [3.8, 4) is 0 Å². The minimum Gasteiger partial charge on any atom is -0.343 e. The molecule has 0 aliphatic rings. The number of hydrogen-bond donors (Lipinski definition) is 0. The third-order valence-electron chi connectivity index (χ3n) is 3.11. The van der Waals surface area contributed by atoms with E-state index in [1.807, 2.05) is 41.1 Å². The summed E-state index contributed by atoms with van der Waals surface area (Å²) >= 11 is 12.0. The summed E-state index contributed by atoms with van der Waals surface area (Å²) < 4.78 is 15.4. The van der Waals surface area contributed by atoms with Gasteiger partial charge in [-0.25, -0.2) is 4.39 Å². The first kappa shape index (κ1) is 12.5. The molecule has 19 heavy (non-hydrogen) atoms. The van der Waals surface area contributed by atoms with E-state index >= 15 is 0 Å². The average molecular weight is 294 g/mol. The van der Waals surface area contributed by atoms with Gasteiger partial charge in [-0.2, -0.15) is 0 Å². The monoisotopic (exact) mass is 293 g/mol. The molecular formula is C15H10Cl2FN. The normalized spacial score (nSPS) is 11.1. The molecule has 0 fully saturated rings. The zero-order chi connectivity index (χ0) is 13.4. The van der Waals surface area contributed by atoms with Crippen molar-refractivity contribution in [3.63, 3.8) is 0 Å². The van der Waals surface area contributed by atoms with E-state index in [0.717, 1.165) is 16.5 Å². The maximum absolute atomic E-state index is 13.4. The Morgan fingerprint density at radius 1 is 1.05 bits per heavy atom. The van der Waals surface area contributed by atoms with Gasteiger partial charge in [0.25, 0.3) is 0 Å². The van der Waals surface area contributed by atoms with Crippen LogP contribution < -0.4 is 0 Å². The van der Waals surface area contributed by atoms with Crippen molar-refractivity contribution in [1.29, 1.82) is 0 Å². The molecule has 0 aliphatic carbocycles. The molecule has 0 bridgehead atoms. The smallest absolute Gasteiger partial charge is 0.142 e. The minimum absolute atomic E-state index is 0.173. The molecule has 2 aromatic carbocycles. The van der Waals surface area contributed by atoms with Gasteiger partial charge in [0.15, 0.2) is 0 Å². The summed E-state index contributed by atoms with van der Waals surface area (Å²) in [5.41, 5.74) is 1.76. The molecule has 1 aromatic heterocycles. The number of hydrogen-bond acceptors (Lipinski definition) is 0. The first-order valence-corrected chi connectivity index (χ1v) is 6.58. The second kappa shape index (κ2) is 4.87. The molecule has 0 N–H and O–H groups in total. The highest BCUT2D eigenvalue weighted by Crippen LogP contribution is 2.24. The largest absolute Gasteiger partial charge is 0.343 e. The molecule has 0 amide bonds. The maximum Gasteiger partial charge on any atom is 0.142 e. The second-order valence-electron chi connectivity index (χ2n) is 4.36. The van der Waals surface area contributed by atoms with Gasteiger partial charge in [0.05, 0.1) is 5.02 Å². The lowest BCUT2D eigenvalue weighted by Gasteiger charge is -2.08. The zero-order valence-electron chi connectivity index (χ0n) is 9.91. The van der Waals surface area contributed by atoms with Gasteiger partial charge in [0.2, 0.25) is 0 Å². The van der Waals surface area contributed by atoms with Crippen LogP contribution in [0.5, 0.6) is 0 Å². The van der Waals surface area contributed by atoms with Gasteiger partial charge in [-0.15, -0.1) is 0 Å². The summed E-state index contributed by atoms with van der Waals surface area (Å²) in [5, 5.41) is 1.95. The molecule has 0 aliphatic heterocycles. The van der Waals surface area contributed by atoms with E-state index in [9.17, 15) is 4.39 Å². The summed E-state index contributed by atoms with van der Waals surface area (Å²) in [5.74, 6) is -0.395. The molecule has 0 spiro atoms. The third-order valence-corrected chi connectivity index (χ3v) is 3.77. The molecule has 0 unspecified atom stereocenters. The Bertz CT molecular complexity index is 749. The van der Waals surface area contributed by atoms with Gasteiger partial charge in [0.1, 0.15) is 5.82 Å². The highest BCUT2D eigenvalue weighted by molar-refractivity contribution is 6.31. The summed E-state index contributed by atoms with van der Waals surface area (Å²) in [4.78, 5) is 0. The lowest BCUT2D eigenvalue weighted by Crippen LogP contribution is -1.99. The van der Waals surface area contributed by atoms with Crippen LogP contribution in [0.2, 0.25) is 10.0 Å². The Morgan fingerprint density at radius 2 is 1.89 bits per heavy atom. The number of nitrogens with zero attached hydrogens (tertiary/aromatic N) is 1. The summed E-state index contributed by atoms with van der Waals surface area (Å²) in [7, 11) is 0. The standard InChI is InChI=1S/C15H10Cl2FN/c16-12-5-4-10-6-7-19(14(10)8-12)9-11-2-1-3-13(18)15(11)17/h1-8H,9H2. The molecule has 4 heteroatoms. The maximum atomic E-state index is 13.4. The number of halogens is 3. The number of rotatable bonds is 2. The van der Waals surface area contributed by atoms with Crippen LogP contribution in [0.4, 0.5) is 4.39 Å². The molecule has 1 nitrogen and oxygen atoms in total. The van der Waals surface area contributed by atoms with E-state index in [1.54, 1.807) is 6.07 Å². The first-order valence-electron chi connectivity index (χ1n) is 5.82. The summed E-state index contributed by atoms with van der Waals surface area (Å²) in [6.45, 7) is 0.514. The van der Waals surface area contributed by atoms with E-state index in [1.165, 1.54) is 6.07 Å². The Morgan fingerprint density at radius 3 is 2.74 bits per heavy atom. The number of fused-ring (bicyclic) bond motifs is 1. The lowest BCUT2D eigenvalue weighted by molar-refractivity contribution is 0.624. The van der Waals surface area contributed by atoms with Crippen molar-refractivity contribution < 1.29 is 4.39 Å². The fourth-order valence-electron chi connectivity index (χ4n) is 2.15. The zero-order valence-corrected chi connectivity index (χ0v) is 11.4. The van der Waals surface area contributed by atoms with Crippen LogP contribution in [0.25, 0.3) is 10.9 Å². The molecular weight excluding hydrogens is 284 g/mol. The van der Waals surface area contributed by atoms with Gasteiger partial charge in [-0.3, -0.25) is 0 Å². The van der Waals surface area contributed by atoms with Gasteiger partial charge in [-0.1, -0.05) is 41.4 Å². The van der Waals surface area contributed by atoms with E-state index in [4.69, 9.17) is 23.2 Å². The van der Waals surface area contributed by atoms with E-state index in [2.05, 4.69) is 0 Å². The average Bonchev–Trinajstić information content (AvgIpc) is 2.78. The van der Waals surface area contributed by atoms with Crippen molar-refractivity contribution in [2.45, 2.75) is 6.54 Å². The van der Waals surface area contributed by atoms with E-state index < -0.39 is 5.82 Å².